The van der Waals surface area contributed by atoms with Crippen LogP contribution < -0.4 is 24.8 Å². The van der Waals surface area contributed by atoms with Gasteiger partial charge in [0.15, 0.2) is 0 Å². The quantitative estimate of drug-likeness (QED) is 0.225. The van der Waals surface area contributed by atoms with Crippen LogP contribution in [0.3, 0.4) is 0 Å². The number of carbonyl (C=O) groups is 4. The molecule has 0 unspecified atom stereocenters. The Balaban J connectivity index is 1.15. The fourth-order valence-corrected chi connectivity index (χ4v) is 8.57. The van der Waals surface area contributed by atoms with Crippen molar-refractivity contribution in [3.8, 4) is 22.8 Å². The van der Waals surface area contributed by atoms with E-state index < -0.39 is 45.4 Å². The highest BCUT2D eigenvalue weighted by Gasteiger charge is 2.61. The molecule has 2 aliphatic heterocycles. The van der Waals surface area contributed by atoms with Gasteiger partial charge < -0.3 is 25.0 Å². The van der Waals surface area contributed by atoms with Crippen LogP contribution in [0.15, 0.2) is 95.9 Å². The highest BCUT2D eigenvalue weighted by Crippen LogP contribution is 2.46. The molecule has 3 aromatic carbocycles. The molecule has 0 spiro atoms. The maximum Gasteiger partial charge on any atom is 0.266 e. The number of likely N-dealkylation sites (tertiary alicyclic amines) is 1. The van der Waals surface area contributed by atoms with Gasteiger partial charge in [-0.15, -0.1) is 0 Å². The van der Waals surface area contributed by atoms with Crippen LogP contribution in [0, 0.1) is 5.92 Å². The van der Waals surface area contributed by atoms with Crippen molar-refractivity contribution in [3.05, 3.63) is 91.0 Å². The summed E-state index contributed by atoms with van der Waals surface area (Å²) in [5, 5.41) is 6.25. The van der Waals surface area contributed by atoms with Gasteiger partial charge in [-0.1, -0.05) is 61.0 Å². The number of pyridine rings is 1. The Hall–Kier alpha value is -5.76. The van der Waals surface area contributed by atoms with Crippen LogP contribution in [-0.4, -0.2) is 73.3 Å². The van der Waals surface area contributed by atoms with Gasteiger partial charge in [0, 0.05) is 48.8 Å². The Kier molecular flexibility index (Phi) is 10.6. The largest absolute Gasteiger partial charge is 0.497 e. The Morgan fingerprint density at radius 1 is 0.982 bits per heavy atom. The summed E-state index contributed by atoms with van der Waals surface area (Å²) < 4.78 is 41.5. The topological polar surface area (TPSA) is 173 Å². The molecule has 4 aromatic rings. The zero-order chi connectivity index (χ0) is 38.7. The molecule has 3 N–H and O–H groups in total. The number of benzene rings is 3. The highest BCUT2D eigenvalue weighted by molar-refractivity contribution is 7.90. The van der Waals surface area contributed by atoms with E-state index >= 15 is 0 Å². The molecule has 3 heterocycles. The molecule has 286 valence electrons. The number of nitrogens with zero attached hydrogens (tertiary/aromatic N) is 2. The monoisotopic (exact) mass is 765 g/mol. The number of hydrogen-bond donors (Lipinski definition) is 3. The van der Waals surface area contributed by atoms with Gasteiger partial charge >= 0.3 is 0 Å². The van der Waals surface area contributed by atoms with E-state index in [2.05, 4.69) is 15.4 Å². The number of hydrogen-bond acceptors (Lipinski definition) is 9. The second-order valence-corrected chi connectivity index (χ2v) is 15.8. The highest BCUT2D eigenvalue weighted by atomic mass is 32.2. The maximum atomic E-state index is 14.2. The van der Waals surface area contributed by atoms with Gasteiger partial charge in [0.05, 0.1) is 30.6 Å². The first kappa shape index (κ1) is 37.6. The summed E-state index contributed by atoms with van der Waals surface area (Å²) in [7, 11) is -2.90. The number of ether oxygens (including phenoxy) is 2. The molecular weight excluding hydrogens is 723 g/mol. The van der Waals surface area contributed by atoms with Gasteiger partial charge in [-0.2, -0.15) is 0 Å². The fourth-order valence-electron chi connectivity index (χ4n) is 7.37. The normalized spacial score (nSPS) is 23.8. The number of rotatable bonds is 6. The zero-order valence-electron chi connectivity index (χ0n) is 30.6. The number of anilines is 1. The standard InChI is InChI=1S/C41H43N5O8S/c1-26(47)46-25-30(54-36-23-33(27-13-7-6-8-14-27)42-34-21-29(53-2)19-20-31(34)36)22-35(46)39(49)44-41-24-28(41)15-9-4-3-5-10-18-38(48)43-32-16-11-12-17-37(32)55(51,52)45-40(41)50/h6-9,11-17,19-21,23,28,30,35H,3-5,10,18,22,24-25H2,1-2H3,(H,43,48)(H,44,49)(H,45,50)/t28-,30-,35+,41-/m1/s1. The molecule has 13 nitrogen and oxygen atoms in total. The van der Waals surface area contributed by atoms with E-state index in [1.165, 1.54) is 30.0 Å². The van der Waals surface area contributed by atoms with E-state index in [9.17, 15) is 27.6 Å². The van der Waals surface area contributed by atoms with E-state index in [1.807, 2.05) is 60.7 Å². The summed E-state index contributed by atoms with van der Waals surface area (Å²) in [5.74, 6) is -1.52. The number of methoxy groups -OCH3 is 1. The molecular formula is C41H43N5O8S. The maximum absolute atomic E-state index is 14.2. The summed E-state index contributed by atoms with van der Waals surface area (Å²) in [6.07, 6.45) is 6.59. The fraction of sp³-hybridized carbons (Fsp3) is 0.341. The van der Waals surface area contributed by atoms with Crippen molar-refractivity contribution in [1.29, 1.82) is 0 Å². The first-order valence-corrected chi connectivity index (χ1v) is 19.9. The molecule has 1 aliphatic carbocycles. The van der Waals surface area contributed by atoms with Crippen LogP contribution in [0.25, 0.3) is 22.2 Å². The minimum atomic E-state index is -4.48. The van der Waals surface area contributed by atoms with E-state index in [-0.39, 0.29) is 48.2 Å². The summed E-state index contributed by atoms with van der Waals surface area (Å²) in [6, 6.07) is 21.8. The van der Waals surface area contributed by atoms with Crippen molar-refractivity contribution in [2.45, 2.75) is 74.4 Å². The number of aromatic nitrogens is 1. The predicted octanol–water partition coefficient (Wildman–Crippen LogP) is 5.12. The Labute approximate surface area is 319 Å². The van der Waals surface area contributed by atoms with Crippen LogP contribution in [0.4, 0.5) is 5.69 Å². The molecule has 14 heteroatoms. The smallest absolute Gasteiger partial charge is 0.266 e. The third-order valence-corrected chi connectivity index (χ3v) is 11.8. The summed E-state index contributed by atoms with van der Waals surface area (Å²) in [6.45, 7) is 1.47. The van der Waals surface area contributed by atoms with Crippen molar-refractivity contribution in [1.82, 2.24) is 19.9 Å². The average molecular weight is 766 g/mol. The molecule has 1 saturated carbocycles. The minimum Gasteiger partial charge on any atom is -0.497 e. The summed E-state index contributed by atoms with van der Waals surface area (Å²) in [5.41, 5.74) is 0.661. The van der Waals surface area contributed by atoms with Gasteiger partial charge in [0.1, 0.15) is 34.1 Å². The number of amides is 4. The zero-order valence-corrected chi connectivity index (χ0v) is 31.4. The third-order valence-electron chi connectivity index (χ3n) is 10.4. The first-order valence-electron chi connectivity index (χ1n) is 18.4. The first-order chi connectivity index (χ1) is 26.5. The Morgan fingerprint density at radius 2 is 1.76 bits per heavy atom. The van der Waals surface area contributed by atoms with Gasteiger partial charge in [-0.3, -0.25) is 19.2 Å². The third kappa shape index (κ3) is 8.04. The van der Waals surface area contributed by atoms with E-state index in [0.717, 1.165) is 23.8 Å². The van der Waals surface area contributed by atoms with Gasteiger partial charge in [-0.05, 0) is 49.9 Å². The minimum absolute atomic E-state index is 0.0522. The lowest BCUT2D eigenvalue weighted by molar-refractivity contribution is -0.138. The van der Waals surface area contributed by atoms with Crippen molar-refractivity contribution in [2.75, 3.05) is 19.0 Å². The molecule has 3 aliphatic rings. The van der Waals surface area contributed by atoms with Gasteiger partial charge in [0.25, 0.3) is 15.9 Å². The van der Waals surface area contributed by atoms with E-state index in [1.54, 1.807) is 19.2 Å². The molecule has 1 saturated heterocycles. The molecule has 4 atom stereocenters. The van der Waals surface area contributed by atoms with Crippen molar-refractivity contribution >= 4 is 50.2 Å². The predicted molar refractivity (Wildman–Crippen MR) is 206 cm³/mol. The number of allylic oxidation sites excluding steroid dienone is 1. The number of nitrogens with one attached hydrogen (secondary N) is 3. The number of carbonyl (C=O) groups excluding carboxylic acids is 4. The summed E-state index contributed by atoms with van der Waals surface area (Å²) in [4.78, 5) is 59.8. The Bertz CT molecular complexity index is 2280. The lowest BCUT2D eigenvalue weighted by Crippen LogP contribution is -2.56. The molecule has 0 radical (unpaired) electrons. The number of sulfonamides is 1. The average Bonchev–Trinajstić information content (AvgIpc) is 3.70. The van der Waals surface area contributed by atoms with Crippen molar-refractivity contribution in [2.24, 2.45) is 5.92 Å². The molecule has 7 rings (SSSR count). The molecule has 2 fully saturated rings. The lowest BCUT2D eigenvalue weighted by Gasteiger charge is -2.25. The van der Waals surface area contributed by atoms with E-state index in [0.29, 0.717) is 35.6 Å². The second-order valence-electron chi connectivity index (χ2n) is 14.2. The molecule has 1 aromatic heterocycles. The van der Waals surface area contributed by atoms with Crippen LogP contribution in [0.5, 0.6) is 11.5 Å². The number of fused-ring (bicyclic) bond motifs is 3. The van der Waals surface area contributed by atoms with Crippen molar-refractivity contribution in [3.63, 3.8) is 0 Å². The number of para-hydroxylation sites is 1. The van der Waals surface area contributed by atoms with E-state index in [4.69, 9.17) is 14.5 Å². The SMILES string of the molecule is COc1ccc2c(O[C@@H]3C[C@@H](C(=O)N[C@]45C[C@H]4C=CCCCCCC(=O)Nc4ccccc4S(=O)(=O)NC5=O)N(C(C)=O)C3)cc(-c3ccccc3)nc2c1. The van der Waals surface area contributed by atoms with Crippen LogP contribution in [-0.2, 0) is 29.2 Å². The second kappa shape index (κ2) is 15.5. The lowest BCUT2D eigenvalue weighted by atomic mass is 10.1. The van der Waals surface area contributed by atoms with Crippen molar-refractivity contribution < 1.29 is 37.1 Å². The Morgan fingerprint density at radius 3 is 2.55 bits per heavy atom. The molecule has 4 amide bonds. The van der Waals surface area contributed by atoms with Crippen LogP contribution >= 0.6 is 0 Å². The molecule has 55 heavy (non-hydrogen) atoms. The van der Waals surface area contributed by atoms with Gasteiger partial charge in [-0.25, -0.2) is 18.1 Å². The van der Waals surface area contributed by atoms with Crippen LogP contribution in [0.1, 0.15) is 51.9 Å². The van der Waals surface area contributed by atoms with Crippen LogP contribution in [0.2, 0.25) is 0 Å². The summed E-state index contributed by atoms with van der Waals surface area (Å²) >= 11 is 0. The molecule has 0 bridgehead atoms. The van der Waals surface area contributed by atoms with Gasteiger partial charge in [0.2, 0.25) is 17.7 Å².